The van der Waals surface area contributed by atoms with Crippen LogP contribution in [-0.2, 0) is 28.6 Å². The van der Waals surface area contributed by atoms with Crippen molar-refractivity contribution in [3.63, 3.8) is 0 Å². The highest BCUT2D eigenvalue weighted by Gasteiger charge is 2.19. The van der Waals surface area contributed by atoms with E-state index in [1.807, 2.05) is 0 Å². The molecule has 68 heavy (non-hydrogen) atoms. The van der Waals surface area contributed by atoms with Crippen molar-refractivity contribution in [3.05, 3.63) is 60.8 Å². The molecule has 6 nitrogen and oxygen atoms in total. The largest absolute Gasteiger partial charge is 0.462 e. The van der Waals surface area contributed by atoms with E-state index in [1.54, 1.807) is 0 Å². The molecule has 1 atom stereocenters. The predicted octanol–water partition coefficient (Wildman–Crippen LogP) is 19.6. The molecule has 1 unspecified atom stereocenters. The topological polar surface area (TPSA) is 78.9 Å². The molecule has 0 aliphatic carbocycles. The van der Waals surface area contributed by atoms with Crippen molar-refractivity contribution < 1.29 is 28.6 Å². The highest BCUT2D eigenvalue weighted by Crippen LogP contribution is 2.16. The van der Waals surface area contributed by atoms with E-state index in [4.69, 9.17) is 14.2 Å². The van der Waals surface area contributed by atoms with E-state index in [0.29, 0.717) is 19.3 Å². The third-order valence-corrected chi connectivity index (χ3v) is 12.8. The van der Waals surface area contributed by atoms with Gasteiger partial charge in [-0.05, 0) is 64.2 Å². The quantitative estimate of drug-likeness (QED) is 0.0262. The van der Waals surface area contributed by atoms with Gasteiger partial charge < -0.3 is 14.2 Å². The maximum absolute atomic E-state index is 12.8. The summed E-state index contributed by atoms with van der Waals surface area (Å²) in [6.45, 7) is 6.54. The SMILES string of the molecule is CC/C=C\C/C=C\C/C=C\C/C=C\C/C=C\CCCCCCCCCCCC(=O)OCC(COC(=O)CCCCCCCCCCCCC)OC(=O)CCCCCCCCCCCCCCCC. The molecule has 0 heterocycles. The lowest BCUT2D eigenvalue weighted by molar-refractivity contribution is -0.167. The minimum atomic E-state index is -0.772. The van der Waals surface area contributed by atoms with E-state index in [-0.39, 0.29) is 31.1 Å². The Bertz CT molecular complexity index is 1230. The fourth-order valence-corrected chi connectivity index (χ4v) is 8.41. The summed E-state index contributed by atoms with van der Waals surface area (Å²) in [7, 11) is 0. The fourth-order valence-electron chi connectivity index (χ4n) is 8.41. The van der Waals surface area contributed by atoms with E-state index in [9.17, 15) is 14.4 Å². The summed E-state index contributed by atoms with van der Waals surface area (Å²) in [6.07, 6.45) is 70.7. The first-order valence-corrected chi connectivity index (χ1v) is 29.3. The number of unbranched alkanes of at least 4 members (excludes halogenated alkanes) is 32. The first-order chi connectivity index (χ1) is 33.5. The Hall–Kier alpha value is -2.89. The van der Waals surface area contributed by atoms with E-state index in [2.05, 4.69) is 81.5 Å². The zero-order chi connectivity index (χ0) is 49.3. The van der Waals surface area contributed by atoms with Gasteiger partial charge in [0.2, 0.25) is 0 Å². The van der Waals surface area contributed by atoms with Gasteiger partial charge in [0, 0.05) is 19.3 Å². The summed E-state index contributed by atoms with van der Waals surface area (Å²) in [5.41, 5.74) is 0. The summed E-state index contributed by atoms with van der Waals surface area (Å²) >= 11 is 0. The van der Waals surface area contributed by atoms with Gasteiger partial charge in [-0.1, -0.05) is 274 Å². The third-order valence-electron chi connectivity index (χ3n) is 12.8. The van der Waals surface area contributed by atoms with Crippen LogP contribution in [0, 0.1) is 0 Å². The molecule has 0 saturated carbocycles. The molecule has 0 aliphatic heterocycles. The second-order valence-corrected chi connectivity index (χ2v) is 19.5. The van der Waals surface area contributed by atoms with Crippen LogP contribution in [0.25, 0.3) is 0 Å². The Morgan fingerprint density at radius 3 is 0.897 bits per heavy atom. The zero-order valence-corrected chi connectivity index (χ0v) is 45.1. The number of esters is 3. The van der Waals surface area contributed by atoms with Crippen molar-refractivity contribution in [2.75, 3.05) is 13.2 Å². The zero-order valence-electron chi connectivity index (χ0n) is 45.1. The number of carbonyl (C=O) groups is 3. The van der Waals surface area contributed by atoms with Crippen LogP contribution in [0.5, 0.6) is 0 Å². The molecule has 0 aliphatic rings. The van der Waals surface area contributed by atoms with E-state index in [1.165, 1.54) is 161 Å². The number of hydrogen-bond donors (Lipinski definition) is 0. The lowest BCUT2D eigenvalue weighted by Crippen LogP contribution is -2.30. The highest BCUT2D eigenvalue weighted by atomic mass is 16.6. The molecule has 0 aromatic heterocycles. The van der Waals surface area contributed by atoms with Gasteiger partial charge in [0.25, 0.3) is 0 Å². The summed E-state index contributed by atoms with van der Waals surface area (Å²) in [5, 5.41) is 0. The number of carbonyl (C=O) groups excluding carboxylic acids is 3. The van der Waals surface area contributed by atoms with Gasteiger partial charge >= 0.3 is 17.9 Å². The summed E-state index contributed by atoms with van der Waals surface area (Å²) in [6, 6.07) is 0. The van der Waals surface area contributed by atoms with Crippen molar-refractivity contribution >= 4 is 17.9 Å². The monoisotopic (exact) mass is 951 g/mol. The Morgan fingerprint density at radius 1 is 0.309 bits per heavy atom. The van der Waals surface area contributed by atoms with Crippen LogP contribution in [0.15, 0.2) is 60.8 Å². The van der Waals surface area contributed by atoms with Crippen molar-refractivity contribution in [2.24, 2.45) is 0 Å². The van der Waals surface area contributed by atoms with Crippen LogP contribution in [-0.4, -0.2) is 37.2 Å². The molecule has 0 aromatic carbocycles. The highest BCUT2D eigenvalue weighted by molar-refractivity contribution is 5.71. The minimum Gasteiger partial charge on any atom is -0.462 e. The Kier molecular flexibility index (Phi) is 54.3. The first kappa shape index (κ1) is 65.1. The van der Waals surface area contributed by atoms with Crippen LogP contribution in [0.4, 0.5) is 0 Å². The lowest BCUT2D eigenvalue weighted by atomic mass is 10.0. The molecular weight excluding hydrogens is 841 g/mol. The van der Waals surface area contributed by atoms with Crippen molar-refractivity contribution in [1.29, 1.82) is 0 Å². The average molecular weight is 952 g/mol. The van der Waals surface area contributed by atoms with Crippen LogP contribution in [0.1, 0.15) is 297 Å². The summed E-state index contributed by atoms with van der Waals surface area (Å²) in [4.78, 5) is 38.1. The smallest absolute Gasteiger partial charge is 0.306 e. The number of ether oxygens (including phenoxy) is 3. The first-order valence-electron chi connectivity index (χ1n) is 29.3. The van der Waals surface area contributed by atoms with Gasteiger partial charge in [0.15, 0.2) is 6.10 Å². The number of hydrogen-bond acceptors (Lipinski definition) is 6. The second-order valence-electron chi connectivity index (χ2n) is 19.5. The molecular formula is C62H110O6. The normalized spacial score (nSPS) is 12.5. The standard InChI is InChI=1S/C62H110O6/c1-4-7-10-13-16-19-22-24-26-27-28-29-30-31-32-33-34-35-36-38-40-43-46-49-52-55-61(64)67-58-59(57-66-60(63)54-51-48-45-42-39-21-18-15-12-9-6-3)68-62(65)56-53-50-47-44-41-37-25-23-20-17-14-11-8-5-2/h7,10,16,19,24,26,28-29,31-32,59H,4-6,8-9,11-15,17-18,20-23,25,27,30,33-58H2,1-3H3/b10-7-,19-16-,26-24-,29-28-,32-31-. The van der Waals surface area contributed by atoms with Crippen LogP contribution in [0.2, 0.25) is 0 Å². The molecule has 0 rings (SSSR count). The van der Waals surface area contributed by atoms with E-state index >= 15 is 0 Å². The van der Waals surface area contributed by atoms with Gasteiger partial charge in [-0.25, -0.2) is 0 Å². The lowest BCUT2D eigenvalue weighted by Gasteiger charge is -2.18. The van der Waals surface area contributed by atoms with Crippen LogP contribution in [0.3, 0.4) is 0 Å². The molecule has 0 fully saturated rings. The number of allylic oxidation sites excluding steroid dienone is 10. The van der Waals surface area contributed by atoms with E-state index < -0.39 is 6.10 Å². The Balaban J connectivity index is 4.25. The van der Waals surface area contributed by atoms with Crippen LogP contribution >= 0.6 is 0 Å². The predicted molar refractivity (Wildman–Crippen MR) is 293 cm³/mol. The Labute approximate surface area is 421 Å². The van der Waals surface area contributed by atoms with Crippen LogP contribution < -0.4 is 0 Å². The molecule has 394 valence electrons. The maximum Gasteiger partial charge on any atom is 0.306 e. The van der Waals surface area contributed by atoms with Gasteiger partial charge in [0.1, 0.15) is 13.2 Å². The second kappa shape index (κ2) is 56.7. The molecule has 0 aromatic rings. The van der Waals surface area contributed by atoms with Gasteiger partial charge in [-0.3, -0.25) is 14.4 Å². The average Bonchev–Trinajstić information content (AvgIpc) is 3.34. The Morgan fingerprint density at radius 2 is 0.574 bits per heavy atom. The van der Waals surface area contributed by atoms with Crippen molar-refractivity contribution in [1.82, 2.24) is 0 Å². The summed E-state index contributed by atoms with van der Waals surface area (Å²) < 4.78 is 16.9. The van der Waals surface area contributed by atoms with E-state index in [0.717, 1.165) is 96.3 Å². The van der Waals surface area contributed by atoms with Gasteiger partial charge in [0.05, 0.1) is 0 Å². The maximum atomic E-state index is 12.8. The summed E-state index contributed by atoms with van der Waals surface area (Å²) in [5.74, 6) is -0.865. The molecule has 0 amide bonds. The molecule has 0 spiro atoms. The molecule has 0 bridgehead atoms. The molecule has 0 N–H and O–H groups in total. The van der Waals surface area contributed by atoms with Gasteiger partial charge in [-0.2, -0.15) is 0 Å². The third kappa shape index (κ3) is 54.1. The van der Waals surface area contributed by atoms with Gasteiger partial charge in [-0.15, -0.1) is 0 Å². The fraction of sp³-hybridized carbons (Fsp3) is 0.790. The van der Waals surface area contributed by atoms with Crippen molar-refractivity contribution in [2.45, 2.75) is 303 Å². The molecule has 0 saturated heterocycles. The van der Waals surface area contributed by atoms with Crippen molar-refractivity contribution in [3.8, 4) is 0 Å². The molecule has 0 radical (unpaired) electrons. The number of rotatable bonds is 53. The molecule has 6 heteroatoms. The minimum absolute atomic E-state index is 0.0714.